The van der Waals surface area contributed by atoms with Crippen molar-refractivity contribution < 1.29 is 0 Å². The molecule has 1 fully saturated rings. The van der Waals surface area contributed by atoms with Crippen LogP contribution in [0.25, 0.3) is 11.3 Å². The van der Waals surface area contributed by atoms with Gasteiger partial charge in [0.2, 0.25) is 0 Å². The van der Waals surface area contributed by atoms with E-state index in [9.17, 15) is 0 Å². The van der Waals surface area contributed by atoms with Crippen molar-refractivity contribution in [2.75, 3.05) is 32.7 Å². The predicted molar refractivity (Wildman–Crippen MR) is 78.4 cm³/mol. The van der Waals surface area contributed by atoms with Crippen molar-refractivity contribution in [3.63, 3.8) is 0 Å². The quantitative estimate of drug-likeness (QED) is 0.866. The number of nitrogens with zero attached hydrogens (tertiary/aromatic N) is 5. The van der Waals surface area contributed by atoms with Crippen molar-refractivity contribution in [1.82, 2.24) is 29.5 Å². The molecule has 0 aromatic carbocycles. The van der Waals surface area contributed by atoms with Crippen LogP contribution in [-0.4, -0.2) is 57.0 Å². The zero-order valence-electron chi connectivity index (χ0n) is 12.0. The van der Waals surface area contributed by atoms with Crippen LogP contribution in [0, 0.1) is 0 Å². The molecule has 1 aliphatic rings. The van der Waals surface area contributed by atoms with Crippen LogP contribution < -0.4 is 5.32 Å². The largest absolute Gasteiger partial charge is 0.330 e. The molecular formula is C14H22N6. The van der Waals surface area contributed by atoms with E-state index < -0.39 is 0 Å². The molecule has 0 saturated carbocycles. The van der Waals surface area contributed by atoms with Gasteiger partial charge in [-0.05, 0) is 13.0 Å². The molecule has 1 aliphatic heterocycles. The molecule has 0 spiro atoms. The first-order chi connectivity index (χ1) is 9.83. The van der Waals surface area contributed by atoms with Crippen molar-refractivity contribution in [1.29, 1.82) is 0 Å². The Bertz CT molecular complexity index is 537. The van der Waals surface area contributed by atoms with Crippen LogP contribution in [0.4, 0.5) is 0 Å². The average molecular weight is 274 g/mol. The molecule has 0 amide bonds. The van der Waals surface area contributed by atoms with Crippen LogP contribution in [0.2, 0.25) is 0 Å². The van der Waals surface area contributed by atoms with Gasteiger partial charge in [0.05, 0.1) is 24.4 Å². The van der Waals surface area contributed by atoms with Crippen LogP contribution >= 0.6 is 0 Å². The minimum absolute atomic E-state index is 1.01. The Morgan fingerprint density at radius 3 is 2.80 bits per heavy atom. The molecule has 0 bridgehead atoms. The van der Waals surface area contributed by atoms with Gasteiger partial charge in [-0.15, -0.1) is 0 Å². The molecule has 0 radical (unpaired) electrons. The third kappa shape index (κ3) is 3.08. The topological polar surface area (TPSA) is 50.9 Å². The summed E-state index contributed by atoms with van der Waals surface area (Å²) in [5.41, 5.74) is 2.28. The molecule has 3 rings (SSSR count). The third-order valence-corrected chi connectivity index (χ3v) is 3.80. The zero-order chi connectivity index (χ0) is 13.8. The maximum absolute atomic E-state index is 4.28. The first-order valence-corrected chi connectivity index (χ1v) is 7.25. The predicted octanol–water partition coefficient (Wildman–Crippen LogP) is 0.579. The lowest BCUT2D eigenvalue weighted by atomic mass is 10.2. The van der Waals surface area contributed by atoms with Crippen molar-refractivity contribution in [3.8, 4) is 11.3 Å². The fraction of sp³-hybridized carbons (Fsp3) is 0.571. The first kappa shape index (κ1) is 13.3. The molecule has 2 aromatic rings. The summed E-state index contributed by atoms with van der Waals surface area (Å²) in [6.45, 7) is 6.73. The Hall–Kier alpha value is -1.66. The second-order valence-electron chi connectivity index (χ2n) is 5.32. The van der Waals surface area contributed by atoms with Gasteiger partial charge in [-0.25, -0.2) is 4.98 Å². The summed E-state index contributed by atoms with van der Waals surface area (Å²) in [6.07, 6.45) is 8.92. The van der Waals surface area contributed by atoms with Crippen LogP contribution in [0.15, 0.2) is 24.9 Å². The minimum Gasteiger partial charge on any atom is -0.330 e. The monoisotopic (exact) mass is 274 g/mol. The van der Waals surface area contributed by atoms with E-state index in [2.05, 4.69) is 24.9 Å². The van der Waals surface area contributed by atoms with E-state index >= 15 is 0 Å². The second kappa shape index (κ2) is 6.19. The fourth-order valence-corrected chi connectivity index (χ4v) is 2.69. The van der Waals surface area contributed by atoms with Gasteiger partial charge < -0.3 is 14.8 Å². The number of rotatable bonds is 5. The Kier molecular flexibility index (Phi) is 4.13. The van der Waals surface area contributed by atoms with E-state index in [4.69, 9.17) is 0 Å². The van der Waals surface area contributed by atoms with Gasteiger partial charge in [0.1, 0.15) is 0 Å². The van der Waals surface area contributed by atoms with E-state index in [1.165, 1.54) is 13.1 Å². The molecular weight excluding hydrogens is 252 g/mol. The summed E-state index contributed by atoms with van der Waals surface area (Å²) >= 11 is 0. The summed E-state index contributed by atoms with van der Waals surface area (Å²) in [5, 5.41) is 7.61. The maximum atomic E-state index is 4.28. The second-order valence-corrected chi connectivity index (χ2v) is 5.32. The van der Waals surface area contributed by atoms with Crippen LogP contribution in [0.1, 0.15) is 6.42 Å². The molecule has 2 aromatic heterocycles. The van der Waals surface area contributed by atoms with Gasteiger partial charge in [0.15, 0.2) is 0 Å². The summed E-state index contributed by atoms with van der Waals surface area (Å²) in [4.78, 5) is 6.80. The number of aromatic nitrogens is 4. The van der Waals surface area contributed by atoms with Crippen LogP contribution in [0.5, 0.6) is 0 Å². The van der Waals surface area contributed by atoms with E-state index in [0.717, 1.165) is 43.9 Å². The van der Waals surface area contributed by atoms with Crippen molar-refractivity contribution in [3.05, 3.63) is 24.9 Å². The molecule has 1 N–H and O–H groups in total. The highest BCUT2D eigenvalue weighted by Gasteiger charge is 2.10. The van der Waals surface area contributed by atoms with Gasteiger partial charge in [0.25, 0.3) is 0 Å². The smallest absolute Gasteiger partial charge is 0.0950 e. The van der Waals surface area contributed by atoms with Crippen LogP contribution in [0.3, 0.4) is 0 Å². The van der Waals surface area contributed by atoms with Crippen molar-refractivity contribution in [2.24, 2.45) is 7.05 Å². The standard InChI is InChI=1S/C14H22N6/c1-18-11-13(9-17-18)14-10-16-12-20(14)6-2-5-19-7-3-15-4-8-19/h9-12,15H,2-8H2,1H3. The lowest BCUT2D eigenvalue weighted by Crippen LogP contribution is -2.43. The molecule has 20 heavy (non-hydrogen) atoms. The average Bonchev–Trinajstić information content (AvgIpc) is 3.09. The Morgan fingerprint density at radius 1 is 1.20 bits per heavy atom. The number of hydrogen-bond donors (Lipinski definition) is 1. The van der Waals surface area contributed by atoms with Crippen LogP contribution in [-0.2, 0) is 13.6 Å². The summed E-state index contributed by atoms with van der Waals surface area (Å²) in [7, 11) is 1.94. The Balaban J connectivity index is 1.56. The van der Waals surface area contributed by atoms with Crippen molar-refractivity contribution >= 4 is 0 Å². The molecule has 6 heteroatoms. The van der Waals surface area contributed by atoms with Gasteiger partial charge in [-0.2, -0.15) is 5.10 Å². The number of imidazole rings is 1. The normalized spacial score (nSPS) is 16.6. The molecule has 0 unspecified atom stereocenters. The third-order valence-electron chi connectivity index (χ3n) is 3.80. The van der Waals surface area contributed by atoms with Gasteiger partial charge in [-0.3, -0.25) is 4.68 Å². The number of hydrogen-bond acceptors (Lipinski definition) is 4. The molecule has 0 aliphatic carbocycles. The maximum Gasteiger partial charge on any atom is 0.0950 e. The van der Waals surface area contributed by atoms with Gasteiger partial charge in [-0.1, -0.05) is 0 Å². The number of nitrogens with one attached hydrogen (secondary N) is 1. The SMILES string of the molecule is Cn1cc(-c2cncn2CCCN2CCNCC2)cn1. The lowest BCUT2D eigenvalue weighted by molar-refractivity contribution is 0.235. The molecule has 1 saturated heterocycles. The summed E-state index contributed by atoms with van der Waals surface area (Å²) < 4.78 is 4.05. The fourth-order valence-electron chi connectivity index (χ4n) is 2.69. The highest BCUT2D eigenvalue weighted by molar-refractivity contribution is 5.56. The number of aryl methyl sites for hydroxylation is 2. The summed E-state index contributed by atoms with van der Waals surface area (Å²) in [6, 6.07) is 0. The van der Waals surface area contributed by atoms with Gasteiger partial charge >= 0.3 is 0 Å². The van der Waals surface area contributed by atoms with E-state index in [-0.39, 0.29) is 0 Å². The molecule has 0 atom stereocenters. The molecule has 3 heterocycles. The highest BCUT2D eigenvalue weighted by Crippen LogP contribution is 2.18. The lowest BCUT2D eigenvalue weighted by Gasteiger charge is -2.27. The van der Waals surface area contributed by atoms with E-state index in [1.807, 2.05) is 36.6 Å². The van der Waals surface area contributed by atoms with E-state index in [0.29, 0.717) is 0 Å². The molecule has 6 nitrogen and oxygen atoms in total. The Morgan fingerprint density at radius 2 is 2.05 bits per heavy atom. The van der Waals surface area contributed by atoms with E-state index in [1.54, 1.807) is 0 Å². The first-order valence-electron chi connectivity index (χ1n) is 7.25. The number of piperazine rings is 1. The molecule has 108 valence electrons. The minimum atomic E-state index is 1.01. The van der Waals surface area contributed by atoms with Gasteiger partial charge in [0, 0.05) is 51.5 Å². The van der Waals surface area contributed by atoms with Crippen molar-refractivity contribution in [2.45, 2.75) is 13.0 Å². The highest BCUT2D eigenvalue weighted by atomic mass is 15.2. The zero-order valence-corrected chi connectivity index (χ0v) is 12.0. The Labute approximate surface area is 119 Å². The summed E-state index contributed by atoms with van der Waals surface area (Å²) in [5.74, 6) is 0.